The Morgan fingerprint density at radius 2 is 1.96 bits per heavy atom. The van der Waals surface area contributed by atoms with Crippen molar-refractivity contribution in [1.29, 1.82) is 0 Å². The van der Waals surface area contributed by atoms with Gasteiger partial charge in [-0.25, -0.2) is 4.39 Å². The first kappa shape index (κ1) is 16.7. The standard InChI is InChI=1S/C16H17FN2O4/c1-9(2)12-7-14(23-19-12)16(22)18-13(8-15(20)21)10-3-5-11(17)6-4-10/h3-7,9,13H,8H2,1-2H3,(H,18,22)(H,20,21)/t13-/m1/s1. The predicted molar refractivity (Wildman–Crippen MR) is 79.5 cm³/mol. The summed E-state index contributed by atoms with van der Waals surface area (Å²) in [4.78, 5) is 23.2. The summed E-state index contributed by atoms with van der Waals surface area (Å²) in [7, 11) is 0. The third-order valence-corrected chi connectivity index (χ3v) is 3.30. The van der Waals surface area contributed by atoms with E-state index in [9.17, 15) is 14.0 Å². The van der Waals surface area contributed by atoms with E-state index in [0.717, 1.165) is 0 Å². The van der Waals surface area contributed by atoms with Crippen LogP contribution >= 0.6 is 0 Å². The first-order valence-corrected chi connectivity index (χ1v) is 7.11. The number of carbonyl (C=O) groups is 2. The van der Waals surface area contributed by atoms with E-state index in [1.807, 2.05) is 13.8 Å². The monoisotopic (exact) mass is 320 g/mol. The molecular weight excluding hydrogens is 303 g/mol. The van der Waals surface area contributed by atoms with Gasteiger partial charge in [0.2, 0.25) is 5.76 Å². The molecule has 0 radical (unpaired) electrons. The minimum absolute atomic E-state index is 0.00574. The molecule has 1 atom stereocenters. The van der Waals surface area contributed by atoms with Crippen molar-refractivity contribution < 1.29 is 23.6 Å². The fourth-order valence-electron chi connectivity index (χ4n) is 2.02. The molecule has 0 unspecified atom stereocenters. The number of rotatable bonds is 6. The molecule has 122 valence electrons. The van der Waals surface area contributed by atoms with Crippen LogP contribution in [0.25, 0.3) is 0 Å². The number of carboxylic acid groups (broad SMARTS) is 1. The van der Waals surface area contributed by atoms with Crippen LogP contribution in [-0.4, -0.2) is 22.1 Å². The van der Waals surface area contributed by atoms with E-state index in [4.69, 9.17) is 9.63 Å². The van der Waals surface area contributed by atoms with E-state index in [0.29, 0.717) is 11.3 Å². The first-order chi connectivity index (χ1) is 10.9. The zero-order valence-electron chi connectivity index (χ0n) is 12.7. The van der Waals surface area contributed by atoms with E-state index in [1.165, 1.54) is 30.3 Å². The summed E-state index contributed by atoms with van der Waals surface area (Å²) in [5.41, 5.74) is 1.12. The Hall–Kier alpha value is -2.70. The summed E-state index contributed by atoms with van der Waals surface area (Å²) in [6, 6.07) is 6.01. The van der Waals surface area contributed by atoms with Crippen molar-refractivity contribution in [3.8, 4) is 0 Å². The quantitative estimate of drug-likeness (QED) is 0.854. The van der Waals surface area contributed by atoms with Crippen LogP contribution in [0, 0.1) is 5.82 Å². The number of carbonyl (C=O) groups excluding carboxylic acids is 1. The summed E-state index contributed by atoms with van der Waals surface area (Å²) >= 11 is 0. The van der Waals surface area contributed by atoms with Crippen molar-refractivity contribution in [2.24, 2.45) is 0 Å². The molecule has 23 heavy (non-hydrogen) atoms. The zero-order chi connectivity index (χ0) is 17.0. The normalized spacial score (nSPS) is 12.2. The Morgan fingerprint density at radius 1 is 1.30 bits per heavy atom. The molecule has 1 heterocycles. The van der Waals surface area contributed by atoms with Gasteiger partial charge in [0, 0.05) is 6.07 Å². The van der Waals surface area contributed by atoms with Crippen LogP contribution < -0.4 is 5.32 Å². The summed E-state index contributed by atoms with van der Waals surface area (Å²) in [6.07, 6.45) is -0.331. The fraction of sp³-hybridized carbons (Fsp3) is 0.312. The zero-order valence-corrected chi connectivity index (χ0v) is 12.7. The van der Waals surface area contributed by atoms with Crippen LogP contribution in [0.4, 0.5) is 4.39 Å². The van der Waals surface area contributed by atoms with Crippen LogP contribution in [0.15, 0.2) is 34.9 Å². The van der Waals surface area contributed by atoms with E-state index in [1.54, 1.807) is 0 Å². The third kappa shape index (κ3) is 4.38. The molecular formula is C16H17FN2O4. The molecule has 0 fully saturated rings. The van der Waals surface area contributed by atoms with Crippen molar-refractivity contribution in [2.45, 2.75) is 32.2 Å². The number of amides is 1. The highest BCUT2D eigenvalue weighted by Crippen LogP contribution is 2.19. The van der Waals surface area contributed by atoms with Gasteiger partial charge in [-0.05, 0) is 23.6 Å². The lowest BCUT2D eigenvalue weighted by Gasteiger charge is -2.16. The fourth-order valence-corrected chi connectivity index (χ4v) is 2.02. The van der Waals surface area contributed by atoms with Crippen molar-refractivity contribution in [2.75, 3.05) is 0 Å². The highest BCUT2D eigenvalue weighted by molar-refractivity contribution is 5.92. The maximum atomic E-state index is 13.0. The molecule has 0 aliphatic carbocycles. The van der Waals surface area contributed by atoms with E-state index in [-0.39, 0.29) is 18.1 Å². The molecule has 1 aromatic heterocycles. The van der Waals surface area contributed by atoms with E-state index in [2.05, 4.69) is 10.5 Å². The molecule has 0 spiro atoms. The van der Waals surface area contributed by atoms with Gasteiger partial charge in [-0.3, -0.25) is 9.59 Å². The molecule has 1 aromatic carbocycles. The SMILES string of the molecule is CC(C)c1cc(C(=O)N[C@H](CC(=O)O)c2ccc(F)cc2)on1. The number of hydrogen-bond acceptors (Lipinski definition) is 4. The van der Waals surface area contributed by atoms with Crippen LogP contribution in [0.2, 0.25) is 0 Å². The van der Waals surface area contributed by atoms with Gasteiger partial charge in [-0.1, -0.05) is 31.1 Å². The Kier molecular flexibility index (Phi) is 5.10. The van der Waals surface area contributed by atoms with Gasteiger partial charge in [-0.2, -0.15) is 0 Å². The molecule has 0 saturated carbocycles. The summed E-state index contributed by atoms with van der Waals surface area (Å²) in [5.74, 6) is -1.98. The lowest BCUT2D eigenvalue weighted by molar-refractivity contribution is -0.137. The molecule has 2 N–H and O–H groups in total. The highest BCUT2D eigenvalue weighted by Gasteiger charge is 2.22. The summed E-state index contributed by atoms with van der Waals surface area (Å²) in [5, 5.41) is 15.4. The molecule has 7 heteroatoms. The van der Waals surface area contributed by atoms with Gasteiger partial charge < -0.3 is 14.9 Å². The van der Waals surface area contributed by atoms with Crippen molar-refractivity contribution in [3.05, 3.63) is 53.2 Å². The minimum atomic E-state index is -1.08. The molecule has 0 saturated heterocycles. The van der Waals surface area contributed by atoms with Crippen molar-refractivity contribution in [1.82, 2.24) is 10.5 Å². The Labute approximate surface area is 132 Å². The molecule has 0 bridgehead atoms. The maximum Gasteiger partial charge on any atom is 0.305 e. The summed E-state index contributed by atoms with van der Waals surface area (Å²) in [6.45, 7) is 3.82. The van der Waals surface area contributed by atoms with Crippen LogP contribution in [-0.2, 0) is 4.79 Å². The Balaban J connectivity index is 2.17. The van der Waals surface area contributed by atoms with Crippen LogP contribution in [0.1, 0.15) is 54.0 Å². The number of benzene rings is 1. The van der Waals surface area contributed by atoms with Gasteiger partial charge in [0.1, 0.15) is 5.82 Å². The second kappa shape index (κ2) is 7.04. The van der Waals surface area contributed by atoms with E-state index < -0.39 is 23.7 Å². The number of carboxylic acids is 1. The maximum absolute atomic E-state index is 13.0. The van der Waals surface area contributed by atoms with Gasteiger partial charge in [0.15, 0.2) is 0 Å². The highest BCUT2D eigenvalue weighted by atomic mass is 19.1. The van der Waals surface area contributed by atoms with E-state index >= 15 is 0 Å². The van der Waals surface area contributed by atoms with Crippen LogP contribution in [0.3, 0.4) is 0 Å². The van der Waals surface area contributed by atoms with Gasteiger partial charge in [0.25, 0.3) is 5.91 Å². The lowest BCUT2D eigenvalue weighted by atomic mass is 10.0. The number of hydrogen-bond donors (Lipinski definition) is 2. The molecule has 2 aromatic rings. The molecule has 0 aliphatic rings. The molecule has 0 aliphatic heterocycles. The second-order valence-corrected chi connectivity index (χ2v) is 5.45. The smallest absolute Gasteiger partial charge is 0.305 e. The van der Waals surface area contributed by atoms with Gasteiger partial charge in [0.05, 0.1) is 18.2 Å². The number of nitrogens with zero attached hydrogens (tertiary/aromatic N) is 1. The molecule has 1 amide bonds. The van der Waals surface area contributed by atoms with Crippen LogP contribution in [0.5, 0.6) is 0 Å². The first-order valence-electron chi connectivity index (χ1n) is 7.11. The summed E-state index contributed by atoms with van der Waals surface area (Å²) < 4.78 is 18.0. The lowest BCUT2D eigenvalue weighted by Crippen LogP contribution is -2.30. The molecule has 6 nitrogen and oxygen atoms in total. The topological polar surface area (TPSA) is 92.4 Å². The average molecular weight is 320 g/mol. The van der Waals surface area contributed by atoms with Gasteiger partial charge in [-0.15, -0.1) is 0 Å². The third-order valence-electron chi connectivity index (χ3n) is 3.30. The number of aromatic nitrogens is 1. The largest absolute Gasteiger partial charge is 0.481 e. The predicted octanol–water partition coefficient (Wildman–Crippen LogP) is 2.88. The Morgan fingerprint density at radius 3 is 2.48 bits per heavy atom. The minimum Gasteiger partial charge on any atom is -0.481 e. The Bertz CT molecular complexity index is 694. The average Bonchev–Trinajstić information content (AvgIpc) is 2.97. The van der Waals surface area contributed by atoms with Gasteiger partial charge >= 0.3 is 5.97 Å². The second-order valence-electron chi connectivity index (χ2n) is 5.45. The number of nitrogens with one attached hydrogen (secondary N) is 1. The number of aliphatic carboxylic acids is 1. The molecule has 2 rings (SSSR count). The number of halogens is 1. The van der Waals surface area contributed by atoms with Crippen molar-refractivity contribution >= 4 is 11.9 Å². The van der Waals surface area contributed by atoms with Crippen molar-refractivity contribution in [3.63, 3.8) is 0 Å².